The number of H-pyrrole nitrogens is 1. The lowest BCUT2D eigenvalue weighted by molar-refractivity contribution is -0.121. The smallest absolute Gasteiger partial charge is 0.220 e. The molecule has 2 N–H and O–H groups in total. The molecule has 28 heavy (non-hydrogen) atoms. The van der Waals surface area contributed by atoms with Crippen molar-refractivity contribution in [1.82, 2.24) is 10.3 Å². The third-order valence-electron chi connectivity index (χ3n) is 4.96. The minimum Gasteiger partial charge on any atom is -0.390 e. The molecule has 0 saturated carbocycles. The van der Waals surface area contributed by atoms with Gasteiger partial charge in [0.05, 0.1) is 12.3 Å². The summed E-state index contributed by atoms with van der Waals surface area (Å²) in [5.74, 6) is -0.294. The van der Waals surface area contributed by atoms with Crippen molar-refractivity contribution >= 4 is 22.5 Å². The van der Waals surface area contributed by atoms with Crippen LogP contribution in [0.5, 0.6) is 0 Å². The maximum Gasteiger partial charge on any atom is 0.220 e. The summed E-state index contributed by atoms with van der Waals surface area (Å²) in [5.41, 5.74) is 4.84. The van der Waals surface area contributed by atoms with Gasteiger partial charge < -0.3 is 15.1 Å². The predicted octanol–water partition coefficient (Wildman–Crippen LogP) is 4.19. The number of nitrogens with zero attached hydrogens (tertiary/aromatic N) is 1. The van der Waals surface area contributed by atoms with Gasteiger partial charge in [0.15, 0.2) is 0 Å². The monoisotopic (exact) mass is 379 g/mol. The lowest BCUT2D eigenvalue weighted by Gasteiger charge is -2.10. The van der Waals surface area contributed by atoms with Crippen LogP contribution in [-0.4, -0.2) is 29.3 Å². The molecule has 0 bridgehead atoms. The Labute approximate surface area is 162 Å². The first-order chi connectivity index (χ1) is 13.6. The lowest BCUT2D eigenvalue weighted by Crippen LogP contribution is -2.32. The van der Waals surface area contributed by atoms with E-state index in [0.717, 1.165) is 39.9 Å². The summed E-state index contributed by atoms with van der Waals surface area (Å²) < 4.78 is 13.3. The Morgan fingerprint density at radius 1 is 1.25 bits per heavy atom. The number of fused-ring (bicyclic) bond motifs is 1. The number of hydrogen-bond acceptors (Lipinski definition) is 3. The van der Waals surface area contributed by atoms with E-state index in [0.29, 0.717) is 19.4 Å². The average molecular weight is 379 g/mol. The molecule has 144 valence electrons. The SMILES string of the molecule is CC1=NOC(CNC(=O)CCc2c(-c3ccc(F)cc3)[nH]c3ccccc23)C1. The number of amides is 1. The van der Waals surface area contributed by atoms with Crippen LogP contribution in [0.2, 0.25) is 0 Å². The standard InChI is InChI=1S/C22H22FN3O2/c1-14-12-17(28-26-14)13-24-21(27)11-10-19-18-4-2-3-5-20(18)25-22(19)15-6-8-16(23)9-7-15/h2-9,17,25H,10-13H2,1H3,(H,24,27). The van der Waals surface area contributed by atoms with Gasteiger partial charge in [-0.3, -0.25) is 4.79 Å². The highest BCUT2D eigenvalue weighted by Gasteiger charge is 2.19. The van der Waals surface area contributed by atoms with Crippen LogP contribution in [0.4, 0.5) is 4.39 Å². The molecule has 0 saturated heterocycles. The maximum absolute atomic E-state index is 13.3. The number of benzene rings is 2. The van der Waals surface area contributed by atoms with E-state index in [2.05, 4.69) is 15.5 Å². The van der Waals surface area contributed by atoms with E-state index in [4.69, 9.17) is 4.84 Å². The minimum atomic E-state index is -0.269. The van der Waals surface area contributed by atoms with Crippen molar-refractivity contribution < 1.29 is 14.0 Å². The summed E-state index contributed by atoms with van der Waals surface area (Å²) in [7, 11) is 0. The van der Waals surface area contributed by atoms with Crippen molar-refractivity contribution in [3.63, 3.8) is 0 Å². The zero-order valence-electron chi connectivity index (χ0n) is 15.7. The van der Waals surface area contributed by atoms with Gasteiger partial charge in [0.25, 0.3) is 0 Å². The molecular formula is C22H22FN3O2. The number of nitrogens with one attached hydrogen (secondary N) is 2. The molecule has 1 atom stereocenters. The number of aryl methyl sites for hydroxylation is 1. The topological polar surface area (TPSA) is 66.5 Å². The summed E-state index contributed by atoms with van der Waals surface area (Å²) in [6.07, 6.45) is 1.62. The summed E-state index contributed by atoms with van der Waals surface area (Å²) >= 11 is 0. The molecule has 2 aromatic carbocycles. The first-order valence-electron chi connectivity index (χ1n) is 9.41. The molecule has 0 fully saturated rings. The van der Waals surface area contributed by atoms with Gasteiger partial charge in [-0.05, 0) is 54.8 Å². The van der Waals surface area contributed by atoms with E-state index >= 15 is 0 Å². The van der Waals surface area contributed by atoms with Crippen LogP contribution >= 0.6 is 0 Å². The maximum atomic E-state index is 13.3. The minimum absolute atomic E-state index is 0.0245. The average Bonchev–Trinajstić information content (AvgIpc) is 3.28. The van der Waals surface area contributed by atoms with Crippen molar-refractivity contribution in [3.05, 3.63) is 59.9 Å². The van der Waals surface area contributed by atoms with Crippen LogP contribution in [0.3, 0.4) is 0 Å². The van der Waals surface area contributed by atoms with E-state index in [1.54, 1.807) is 12.1 Å². The Morgan fingerprint density at radius 3 is 2.79 bits per heavy atom. The lowest BCUT2D eigenvalue weighted by atomic mass is 10.0. The van der Waals surface area contributed by atoms with Crippen molar-refractivity contribution in [2.45, 2.75) is 32.3 Å². The fourth-order valence-corrected chi connectivity index (χ4v) is 3.56. The molecule has 4 rings (SSSR count). The van der Waals surface area contributed by atoms with E-state index in [-0.39, 0.29) is 17.8 Å². The highest BCUT2D eigenvalue weighted by molar-refractivity contribution is 5.91. The highest BCUT2D eigenvalue weighted by Crippen LogP contribution is 2.31. The van der Waals surface area contributed by atoms with E-state index in [1.165, 1.54) is 12.1 Å². The molecule has 3 aromatic rings. The third-order valence-corrected chi connectivity index (χ3v) is 4.96. The molecule has 0 spiro atoms. The van der Waals surface area contributed by atoms with E-state index in [9.17, 15) is 9.18 Å². The molecule has 0 radical (unpaired) electrons. The highest BCUT2D eigenvalue weighted by atomic mass is 19.1. The molecule has 6 heteroatoms. The molecule has 2 heterocycles. The van der Waals surface area contributed by atoms with E-state index in [1.807, 2.05) is 31.2 Å². The number of hydrogen-bond donors (Lipinski definition) is 2. The van der Waals surface area contributed by atoms with Crippen molar-refractivity contribution in [1.29, 1.82) is 0 Å². The zero-order valence-corrected chi connectivity index (χ0v) is 15.7. The number of oxime groups is 1. The van der Waals surface area contributed by atoms with Crippen LogP contribution in [-0.2, 0) is 16.1 Å². The van der Waals surface area contributed by atoms with Crippen molar-refractivity contribution in [2.24, 2.45) is 5.16 Å². The van der Waals surface area contributed by atoms with Crippen molar-refractivity contribution in [2.75, 3.05) is 6.54 Å². The normalized spacial score (nSPS) is 16.1. The van der Waals surface area contributed by atoms with Crippen LogP contribution in [0.1, 0.15) is 25.3 Å². The van der Waals surface area contributed by atoms with Crippen LogP contribution in [0.15, 0.2) is 53.7 Å². The Hall–Kier alpha value is -3.15. The Bertz CT molecular complexity index is 1020. The Morgan fingerprint density at radius 2 is 2.04 bits per heavy atom. The number of aromatic nitrogens is 1. The fraction of sp³-hybridized carbons (Fsp3) is 0.273. The molecule has 1 aliphatic heterocycles. The number of halogens is 1. The van der Waals surface area contributed by atoms with Crippen LogP contribution in [0, 0.1) is 5.82 Å². The first kappa shape index (κ1) is 18.2. The molecule has 1 aliphatic rings. The van der Waals surface area contributed by atoms with Crippen LogP contribution in [0.25, 0.3) is 22.2 Å². The fourth-order valence-electron chi connectivity index (χ4n) is 3.56. The van der Waals surface area contributed by atoms with E-state index < -0.39 is 0 Å². The van der Waals surface area contributed by atoms with Crippen LogP contribution < -0.4 is 5.32 Å². The second-order valence-electron chi connectivity index (χ2n) is 7.09. The number of carbonyl (C=O) groups is 1. The summed E-state index contributed by atoms with van der Waals surface area (Å²) in [6, 6.07) is 14.4. The van der Waals surface area contributed by atoms with Gasteiger partial charge in [-0.15, -0.1) is 0 Å². The summed E-state index contributed by atoms with van der Waals surface area (Å²) in [4.78, 5) is 21.0. The Balaban J connectivity index is 1.48. The van der Waals surface area contributed by atoms with Gasteiger partial charge in [-0.1, -0.05) is 23.4 Å². The van der Waals surface area contributed by atoms with Gasteiger partial charge in [-0.25, -0.2) is 4.39 Å². The Kier molecular flexibility index (Phi) is 5.10. The quantitative estimate of drug-likeness (QED) is 0.674. The van der Waals surface area contributed by atoms with Gasteiger partial charge in [0.1, 0.15) is 11.9 Å². The molecule has 1 unspecified atom stereocenters. The first-order valence-corrected chi connectivity index (χ1v) is 9.41. The molecular weight excluding hydrogens is 357 g/mol. The molecule has 5 nitrogen and oxygen atoms in total. The third kappa shape index (κ3) is 3.91. The van der Waals surface area contributed by atoms with Gasteiger partial charge in [0.2, 0.25) is 5.91 Å². The second kappa shape index (κ2) is 7.84. The van der Waals surface area contributed by atoms with Crippen molar-refractivity contribution in [3.8, 4) is 11.3 Å². The molecule has 1 aromatic heterocycles. The van der Waals surface area contributed by atoms with Gasteiger partial charge in [0, 0.05) is 29.4 Å². The molecule has 0 aliphatic carbocycles. The number of carbonyl (C=O) groups excluding carboxylic acids is 1. The van der Waals surface area contributed by atoms with Gasteiger partial charge in [-0.2, -0.15) is 0 Å². The predicted molar refractivity (Wildman–Crippen MR) is 108 cm³/mol. The second-order valence-corrected chi connectivity index (χ2v) is 7.09. The zero-order chi connectivity index (χ0) is 19.5. The largest absolute Gasteiger partial charge is 0.390 e. The number of para-hydroxylation sites is 1. The number of rotatable bonds is 6. The summed E-state index contributed by atoms with van der Waals surface area (Å²) in [5, 5.41) is 7.91. The number of aromatic amines is 1. The summed E-state index contributed by atoms with van der Waals surface area (Å²) in [6.45, 7) is 2.37. The van der Waals surface area contributed by atoms with Gasteiger partial charge >= 0.3 is 0 Å². The molecule has 1 amide bonds.